The third-order valence-electron chi connectivity index (χ3n) is 8.70. The van der Waals surface area contributed by atoms with E-state index >= 15 is 4.39 Å². The van der Waals surface area contributed by atoms with Gasteiger partial charge in [0, 0.05) is 30.1 Å². The molecule has 0 aromatic carbocycles. The molecule has 3 fully saturated rings. The Kier molecular flexibility index (Phi) is 6.48. The van der Waals surface area contributed by atoms with Crippen LogP contribution in [-0.2, 0) is 19.1 Å². The number of allylic oxidation sites excluding steroid dienone is 4. The number of fused-ring (bicyclic) bond motifs is 5. The highest BCUT2D eigenvalue weighted by atomic mass is 32.2. The fourth-order valence-corrected chi connectivity index (χ4v) is 10.7. The first kappa shape index (κ1) is 25.0. The molecule has 4 rings (SSSR count). The number of carbonyl (C=O) groups is 3. The smallest absolute Gasteiger partial charge is 0.303 e. The number of hydrogen-bond donors (Lipinski definition) is 0. The van der Waals surface area contributed by atoms with Gasteiger partial charge >= 0.3 is 5.97 Å². The Balaban J connectivity index is 1.87. The topological polar surface area (TPSA) is 60.4 Å². The van der Waals surface area contributed by atoms with Crippen molar-refractivity contribution < 1.29 is 23.5 Å². The minimum atomic E-state index is -1.87. The van der Waals surface area contributed by atoms with Gasteiger partial charge in [0.05, 0.1) is 0 Å². The van der Waals surface area contributed by atoms with E-state index in [1.807, 2.05) is 6.92 Å². The van der Waals surface area contributed by atoms with Crippen molar-refractivity contribution in [2.24, 2.45) is 22.7 Å². The summed E-state index contributed by atoms with van der Waals surface area (Å²) in [5, 5.41) is 0. The van der Waals surface area contributed by atoms with Gasteiger partial charge in [-0.2, -0.15) is 0 Å². The van der Waals surface area contributed by atoms with Gasteiger partial charge in [-0.05, 0) is 62.2 Å². The molecular weight excluding hydrogens is 459 g/mol. The number of alkyl halides is 1. The molecule has 0 unspecified atom stereocenters. The normalized spacial score (nSPS) is 44.1. The highest BCUT2D eigenvalue weighted by Crippen LogP contribution is 2.73. The van der Waals surface area contributed by atoms with Gasteiger partial charge in [-0.15, -0.1) is 23.5 Å². The third-order valence-corrected chi connectivity index (χ3v) is 12.5. The number of thioether (sulfide) groups is 2. The third kappa shape index (κ3) is 3.35. The van der Waals surface area contributed by atoms with Crippen LogP contribution in [0.5, 0.6) is 0 Å². The summed E-state index contributed by atoms with van der Waals surface area (Å²) in [6, 6.07) is 0. The average molecular weight is 495 g/mol. The number of hydrogen-bond acceptors (Lipinski definition) is 6. The summed E-state index contributed by atoms with van der Waals surface area (Å²) in [5.74, 6) is 0.671. The van der Waals surface area contributed by atoms with Crippen LogP contribution >= 0.6 is 23.5 Å². The maximum atomic E-state index is 17.7. The number of esters is 1. The van der Waals surface area contributed by atoms with Crippen molar-refractivity contribution in [2.45, 2.75) is 82.6 Å². The summed E-state index contributed by atoms with van der Waals surface area (Å²) >= 11 is 3.39. The van der Waals surface area contributed by atoms with E-state index in [4.69, 9.17) is 4.74 Å². The van der Waals surface area contributed by atoms with Crippen molar-refractivity contribution in [1.82, 2.24) is 0 Å². The Bertz CT molecular complexity index is 931. The van der Waals surface area contributed by atoms with E-state index in [0.29, 0.717) is 25.7 Å². The van der Waals surface area contributed by atoms with Gasteiger partial charge in [-0.25, -0.2) is 4.39 Å². The van der Waals surface area contributed by atoms with E-state index in [1.54, 1.807) is 35.7 Å². The van der Waals surface area contributed by atoms with E-state index in [2.05, 4.69) is 20.8 Å². The lowest BCUT2D eigenvalue weighted by Crippen LogP contribution is -2.68. The summed E-state index contributed by atoms with van der Waals surface area (Å²) in [6.07, 6.45) is 6.52. The molecule has 4 aliphatic rings. The number of rotatable bonds is 6. The molecule has 33 heavy (non-hydrogen) atoms. The second-order valence-electron chi connectivity index (χ2n) is 10.4. The highest BCUT2D eigenvalue weighted by molar-refractivity contribution is 8.19. The van der Waals surface area contributed by atoms with Gasteiger partial charge in [0.15, 0.2) is 17.2 Å². The molecule has 0 aromatic heterocycles. The lowest BCUT2D eigenvalue weighted by atomic mass is 9.46. The second kappa shape index (κ2) is 8.54. The monoisotopic (exact) mass is 494 g/mol. The summed E-state index contributed by atoms with van der Waals surface area (Å²) in [5.41, 5.74) is -2.62. The molecule has 0 amide bonds. The average Bonchev–Trinajstić information content (AvgIpc) is 2.95. The molecule has 0 N–H and O–H groups in total. The molecule has 7 heteroatoms. The van der Waals surface area contributed by atoms with Crippen LogP contribution in [0.25, 0.3) is 0 Å². The van der Waals surface area contributed by atoms with Gasteiger partial charge in [0.2, 0.25) is 0 Å². The molecule has 0 heterocycles. The van der Waals surface area contributed by atoms with Gasteiger partial charge in [-0.3, -0.25) is 14.4 Å². The first-order valence-electron chi connectivity index (χ1n) is 12.1. The number of ether oxygens (including phenoxy) is 1. The number of halogens is 1. The predicted molar refractivity (Wildman–Crippen MR) is 132 cm³/mol. The van der Waals surface area contributed by atoms with Crippen LogP contribution in [0.2, 0.25) is 0 Å². The summed E-state index contributed by atoms with van der Waals surface area (Å²) in [6.45, 7) is 9.48. The Hall–Kier alpha value is -1.08. The van der Waals surface area contributed by atoms with Gasteiger partial charge in [0.1, 0.15) is 10.2 Å². The molecule has 0 aliphatic heterocycles. The Labute approximate surface area is 204 Å². The zero-order valence-electron chi connectivity index (χ0n) is 20.2. The fourth-order valence-electron chi connectivity index (χ4n) is 7.24. The van der Waals surface area contributed by atoms with Gasteiger partial charge in [0.25, 0.3) is 0 Å². The van der Waals surface area contributed by atoms with Crippen LogP contribution in [0.15, 0.2) is 23.8 Å². The summed E-state index contributed by atoms with van der Waals surface area (Å²) < 4.78 is 22.9. The van der Waals surface area contributed by atoms with Crippen LogP contribution in [0.1, 0.15) is 66.7 Å². The van der Waals surface area contributed by atoms with Gasteiger partial charge in [-0.1, -0.05) is 32.4 Å². The molecule has 3 saturated carbocycles. The van der Waals surface area contributed by atoms with Crippen molar-refractivity contribution in [3.63, 3.8) is 0 Å². The Morgan fingerprint density at radius 1 is 1.21 bits per heavy atom. The highest BCUT2D eigenvalue weighted by Gasteiger charge is 2.76. The largest absolute Gasteiger partial charge is 0.459 e. The maximum absolute atomic E-state index is 17.7. The second-order valence-corrected chi connectivity index (χ2v) is 13.4. The molecule has 0 spiro atoms. The Morgan fingerprint density at radius 2 is 1.94 bits per heavy atom. The molecule has 182 valence electrons. The van der Waals surface area contributed by atoms with E-state index in [0.717, 1.165) is 23.5 Å². The summed E-state index contributed by atoms with van der Waals surface area (Å²) in [7, 11) is 0. The predicted octanol–water partition coefficient (Wildman–Crippen LogP) is 5.70. The van der Waals surface area contributed by atoms with Crippen molar-refractivity contribution in [1.29, 1.82) is 0 Å². The summed E-state index contributed by atoms with van der Waals surface area (Å²) in [4.78, 5) is 38.0. The molecule has 7 atom stereocenters. The van der Waals surface area contributed by atoms with E-state index in [9.17, 15) is 14.4 Å². The van der Waals surface area contributed by atoms with Gasteiger partial charge < -0.3 is 4.74 Å². The standard InChI is InChI=1S/C26H35FO4S2/c1-6-12-33-26(32-7-2)21(30)14-20-19-9-8-17-13-18(29)10-11-23(17,4)25(19,27)22(31-16(3)28)15-24(20,26)5/h10-11,13,19-20,22H,6-9,12,14-15H2,1-5H3/t19-,20-,22-,23-,24-,25-,26+/m0/s1. The zero-order chi connectivity index (χ0) is 24.2. The minimum Gasteiger partial charge on any atom is -0.459 e. The van der Waals surface area contributed by atoms with E-state index in [1.165, 1.54) is 13.0 Å². The number of carbonyl (C=O) groups excluding carboxylic acids is 3. The van der Waals surface area contributed by atoms with Crippen molar-refractivity contribution in [2.75, 3.05) is 11.5 Å². The van der Waals surface area contributed by atoms with Crippen molar-refractivity contribution >= 4 is 41.1 Å². The van der Waals surface area contributed by atoms with Crippen LogP contribution < -0.4 is 0 Å². The first-order chi connectivity index (χ1) is 15.5. The van der Waals surface area contributed by atoms with Crippen LogP contribution in [0, 0.1) is 22.7 Å². The molecule has 0 aromatic rings. The van der Waals surface area contributed by atoms with Crippen molar-refractivity contribution in [3.8, 4) is 0 Å². The zero-order valence-corrected chi connectivity index (χ0v) is 21.9. The molecule has 0 bridgehead atoms. The lowest BCUT2D eigenvalue weighted by molar-refractivity contribution is -0.209. The maximum Gasteiger partial charge on any atom is 0.303 e. The van der Waals surface area contributed by atoms with E-state index in [-0.39, 0.29) is 17.5 Å². The van der Waals surface area contributed by atoms with Crippen LogP contribution in [0.4, 0.5) is 4.39 Å². The molecule has 0 radical (unpaired) electrons. The Morgan fingerprint density at radius 3 is 2.58 bits per heavy atom. The molecule has 0 saturated heterocycles. The number of ketones is 2. The van der Waals surface area contributed by atoms with Crippen molar-refractivity contribution in [3.05, 3.63) is 23.8 Å². The SMILES string of the molecule is CCCS[C@]1(SCC)C(=O)C[C@H]2[C@@H]3CCC4=CC(=O)C=C[C@]4(C)[C@@]3(F)[C@@H](OC(C)=O)C[C@@]21C. The fraction of sp³-hybridized carbons (Fsp3) is 0.731. The number of Topliss-reactive ketones (excluding diaryl/α,β-unsaturated/α-hetero) is 1. The molecular formula is C26H35FO4S2. The first-order valence-corrected chi connectivity index (χ1v) is 14.1. The minimum absolute atomic E-state index is 0.125. The lowest BCUT2D eigenvalue weighted by Gasteiger charge is -2.63. The van der Waals surface area contributed by atoms with E-state index < -0.39 is 38.6 Å². The quantitative estimate of drug-likeness (QED) is 0.349. The van der Waals surface area contributed by atoms with Crippen LogP contribution in [-0.4, -0.2) is 44.9 Å². The van der Waals surface area contributed by atoms with Crippen LogP contribution in [0.3, 0.4) is 0 Å². The molecule has 4 aliphatic carbocycles. The molecule has 4 nitrogen and oxygen atoms in total.